The Bertz CT molecular complexity index is 765. The fourth-order valence-corrected chi connectivity index (χ4v) is 2.37. The second-order valence-corrected chi connectivity index (χ2v) is 4.85. The van der Waals surface area contributed by atoms with Gasteiger partial charge in [0.25, 0.3) is 0 Å². The lowest BCUT2D eigenvalue weighted by atomic mass is 9.97. The quantitative estimate of drug-likeness (QED) is 0.766. The first kappa shape index (κ1) is 12.8. The van der Waals surface area contributed by atoms with Gasteiger partial charge in [0.1, 0.15) is 11.9 Å². The number of hydrogen-bond donors (Lipinski definition) is 1. The molecule has 3 aromatic rings. The maximum Gasteiger partial charge on any atom is 0.129 e. The number of aromatic nitrogens is 1. The number of aliphatic hydroxyl groups excluding tert-OH is 1. The highest BCUT2D eigenvalue weighted by molar-refractivity contribution is 5.82. The Morgan fingerprint density at radius 2 is 1.85 bits per heavy atom. The summed E-state index contributed by atoms with van der Waals surface area (Å²) in [5.41, 5.74) is 2.41. The molecule has 1 atom stereocenters. The van der Waals surface area contributed by atoms with Crippen molar-refractivity contribution in [2.45, 2.75) is 13.0 Å². The molecule has 0 bridgehead atoms. The van der Waals surface area contributed by atoms with Gasteiger partial charge in [0.05, 0.1) is 5.52 Å². The number of aliphatic hydroxyl groups is 1. The van der Waals surface area contributed by atoms with Crippen molar-refractivity contribution in [3.05, 3.63) is 77.2 Å². The van der Waals surface area contributed by atoms with E-state index in [4.69, 9.17) is 0 Å². The molecule has 100 valence electrons. The molecule has 0 aliphatic carbocycles. The fraction of sp³-hybridized carbons (Fsp3) is 0.118. The van der Waals surface area contributed by atoms with Crippen molar-refractivity contribution in [2.24, 2.45) is 0 Å². The van der Waals surface area contributed by atoms with E-state index in [1.807, 2.05) is 31.2 Å². The van der Waals surface area contributed by atoms with E-state index in [1.165, 1.54) is 6.07 Å². The van der Waals surface area contributed by atoms with Crippen molar-refractivity contribution in [3.63, 3.8) is 0 Å². The standard InChI is InChI=1S/C17H14FNO/c1-11-7-8-13(15(18)10-11)17(20)14-6-2-4-12-5-3-9-19-16(12)14/h2-10,17,20H,1H3. The van der Waals surface area contributed by atoms with Crippen molar-refractivity contribution in [1.82, 2.24) is 4.98 Å². The summed E-state index contributed by atoms with van der Waals surface area (Å²) in [7, 11) is 0. The van der Waals surface area contributed by atoms with Crippen LogP contribution in [0, 0.1) is 12.7 Å². The van der Waals surface area contributed by atoms with E-state index >= 15 is 0 Å². The second kappa shape index (κ2) is 5.02. The lowest BCUT2D eigenvalue weighted by Gasteiger charge is -2.14. The molecule has 0 saturated heterocycles. The van der Waals surface area contributed by atoms with Crippen LogP contribution in [-0.2, 0) is 0 Å². The molecule has 3 heteroatoms. The summed E-state index contributed by atoms with van der Waals surface area (Å²) in [5.74, 6) is -0.398. The zero-order chi connectivity index (χ0) is 14.1. The number of hydrogen-bond acceptors (Lipinski definition) is 2. The Morgan fingerprint density at radius 3 is 2.65 bits per heavy atom. The summed E-state index contributed by atoms with van der Waals surface area (Å²) in [4.78, 5) is 4.29. The number of benzene rings is 2. The average molecular weight is 267 g/mol. The van der Waals surface area contributed by atoms with Crippen molar-refractivity contribution in [1.29, 1.82) is 0 Å². The van der Waals surface area contributed by atoms with Crippen LogP contribution >= 0.6 is 0 Å². The molecule has 20 heavy (non-hydrogen) atoms. The molecule has 2 nitrogen and oxygen atoms in total. The van der Waals surface area contributed by atoms with Crippen LogP contribution in [0.3, 0.4) is 0 Å². The Hall–Kier alpha value is -2.26. The second-order valence-electron chi connectivity index (χ2n) is 4.85. The zero-order valence-corrected chi connectivity index (χ0v) is 11.0. The minimum absolute atomic E-state index is 0.272. The first-order valence-corrected chi connectivity index (χ1v) is 6.44. The van der Waals surface area contributed by atoms with Gasteiger partial charge in [-0.2, -0.15) is 0 Å². The van der Waals surface area contributed by atoms with E-state index in [9.17, 15) is 9.50 Å². The van der Waals surface area contributed by atoms with E-state index in [2.05, 4.69) is 4.98 Å². The summed E-state index contributed by atoms with van der Waals surface area (Å²) in [6.07, 6.45) is 0.651. The van der Waals surface area contributed by atoms with E-state index in [0.717, 1.165) is 10.9 Å². The highest BCUT2D eigenvalue weighted by atomic mass is 19.1. The van der Waals surface area contributed by atoms with Crippen LogP contribution < -0.4 is 0 Å². The van der Waals surface area contributed by atoms with Gasteiger partial charge in [0, 0.05) is 22.7 Å². The Labute approximate surface area is 116 Å². The van der Waals surface area contributed by atoms with Crippen LogP contribution in [-0.4, -0.2) is 10.1 Å². The van der Waals surface area contributed by atoms with Gasteiger partial charge in [-0.05, 0) is 24.6 Å². The third kappa shape index (κ3) is 2.17. The molecule has 1 N–H and O–H groups in total. The number of halogens is 1. The molecular weight excluding hydrogens is 253 g/mol. The predicted molar refractivity (Wildman–Crippen MR) is 76.9 cm³/mol. The van der Waals surface area contributed by atoms with Crippen LogP contribution in [0.2, 0.25) is 0 Å². The topological polar surface area (TPSA) is 33.1 Å². The van der Waals surface area contributed by atoms with Gasteiger partial charge in [0.2, 0.25) is 0 Å². The summed E-state index contributed by atoms with van der Waals surface area (Å²) in [5, 5.41) is 11.4. The molecular formula is C17H14FNO. The third-order valence-corrected chi connectivity index (χ3v) is 3.41. The normalized spacial score (nSPS) is 12.6. The molecule has 0 aliphatic heterocycles. The molecule has 1 aromatic heterocycles. The number of nitrogens with zero attached hydrogens (tertiary/aromatic N) is 1. The average Bonchev–Trinajstić information content (AvgIpc) is 2.46. The molecule has 2 aromatic carbocycles. The lowest BCUT2D eigenvalue weighted by Crippen LogP contribution is -2.04. The van der Waals surface area contributed by atoms with Gasteiger partial charge in [0.15, 0.2) is 0 Å². The predicted octanol–water partition coefficient (Wildman–Crippen LogP) is 3.76. The minimum atomic E-state index is -1.02. The molecule has 0 spiro atoms. The number of pyridine rings is 1. The van der Waals surface area contributed by atoms with E-state index in [-0.39, 0.29) is 5.56 Å². The van der Waals surface area contributed by atoms with Gasteiger partial charge in [-0.15, -0.1) is 0 Å². The summed E-state index contributed by atoms with van der Waals surface area (Å²) < 4.78 is 14.0. The van der Waals surface area contributed by atoms with E-state index in [1.54, 1.807) is 24.4 Å². The number of aryl methyl sites for hydroxylation is 1. The smallest absolute Gasteiger partial charge is 0.129 e. The molecule has 0 amide bonds. The highest BCUT2D eigenvalue weighted by Gasteiger charge is 2.17. The lowest BCUT2D eigenvalue weighted by molar-refractivity contribution is 0.216. The van der Waals surface area contributed by atoms with Crippen molar-refractivity contribution < 1.29 is 9.50 Å². The van der Waals surface area contributed by atoms with Crippen molar-refractivity contribution in [3.8, 4) is 0 Å². The number of rotatable bonds is 2. The van der Waals surface area contributed by atoms with E-state index in [0.29, 0.717) is 11.1 Å². The maximum atomic E-state index is 14.0. The first-order chi connectivity index (χ1) is 9.66. The van der Waals surface area contributed by atoms with Gasteiger partial charge in [-0.25, -0.2) is 4.39 Å². The van der Waals surface area contributed by atoms with Gasteiger partial charge < -0.3 is 5.11 Å². The van der Waals surface area contributed by atoms with Gasteiger partial charge in [-0.3, -0.25) is 4.98 Å². The first-order valence-electron chi connectivity index (χ1n) is 6.44. The number of para-hydroxylation sites is 1. The van der Waals surface area contributed by atoms with Crippen LogP contribution in [0.25, 0.3) is 10.9 Å². The third-order valence-electron chi connectivity index (χ3n) is 3.41. The Morgan fingerprint density at radius 1 is 1.05 bits per heavy atom. The number of fused-ring (bicyclic) bond motifs is 1. The van der Waals surface area contributed by atoms with Crippen LogP contribution in [0.5, 0.6) is 0 Å². The minimum Gasteiger partial charge on any atom is -0.383 e. The van der Waals surface area contributed by atoms with Crippen LogP contribution in [0.1, 0.15) is 22.8 Å². The maximum absolute atomic E-state index is 14.0. The largest absolute Gasteiger partial charge is 0.383 e. The summed E-state index contributed by atoms with van der Waals surface area (Å²) in [6, 6.07) is 14.1. The molecule has 1 heterocycles. The molecule has 1 unspecified atom stereocenters. The van der Waals surface area contributed by atoms with Crippen molar-refractivity contribution in [2.75, 3.05) is 0 Å². The monoisotopic (exact) mass is 267 g/mol. The van der Waals surface area contributed by atoms with E-state index < -0.39 is 11.9 Å². The Balaban J connectivity index is 2.15. The summed E-state index contributed by atoms with van der Waals surface area (Å²) in [6.45, 7) is 1.82. The SMILES string of the molecule is Cc1ccc(C(O)c2cccc3cccnc23)c(F)c1. The molecule has 0 fully saturated rings. The highest BCUT2D eigenvalue weighted by Crippen LogP contribution is 2.29. The van der Waals surface area contributed by atoms with Crippen LogP contribution in [0.15, 0.2) is 54.7 Å². The van der Waals surface area contributed by atoms with Crippen LogP contribution in [0.4, 0.5) is 4.39 Å². The molecule has 0 saturated carbocycles. The van der Waals surface area contributed by atoms with Gasteiger partial charge >= 0.3 is 0 Å². The molecule has 0 aliphatic rings. The Kier molecular flexibility index (Phi) is 3.20. The molecule has 3 rings (SSSR count). The zero-order valence-electron chi connectivity index (χ0n) is 11.0. The molecule has 0 radical (unpaired) electrons. The van der Waals surface area contributed by atoms with Crippen molar-refractivity contribution >= 4 is 10.9 Å². The fourth-order valence-electron chi connectivity index (χ4n) is 2.37. The summed E-state index contributed by atoms with van der Waals surface area (Å²) >= 11 is 0. The van der Waals surface area contributed by atoms with Gasteiger partial charge in [-0.1, -0.05) is 36.4 Å².